The fourth-order valence-corrected chi connectivity index (χ4v) is 2.99. The molecule has 5 nitrogen and oxygen atoms in total. The molecular weight excluding hydrogens is 337 g/mol. The van der Waals surface area contributed by atoms with E-state index in [4.69, 9.17) is 9.47 Å². The zero-order chi connectivity index (χ0) is 19.3. The highest BCUT2D eigenvalue weighted by atomic mass is 19.1. The minimum atomic E-state index is -1.67. The Balaban J connectivity index is 2.53. The van der Waals surface area contributed by atoms with Crippen molar-refractivity contribution in [3.05, 3.63) is 34.9 Å². The number of ether oxygens (including phenoxy) is 2. The average Bonchev–Trinajstić information content (AvgIpc) is 2.56. The predicted molar refractivity (Wildman–Crippen MR) is 96.7 cm³/mol. The second kappa shape index (κ2) is 9.01. The van der Waals surface area contributed by atoms with Crippen molar-refractivity contribution in [3.63, 3.8) is 0 Å². The van der Waals surface area contributed by atoms with Crippen molar-refractivity contribution in [2.24, 2.45) is 5.92 Å². The molecule has 0 saturated carbocycles. The number of unbranched alkanes of at least 4 members (excludes halogenated alkanes) is 1. The van der Waals surface area contributed by atoms with Gasteiger partial charge in [0, 0.05) is 24.7 Å². The van der Waals surface area contributed by atoms with Crippen LogP contribution in [-0.4, -0.2) is 42.6 Å². The number of carbonyl (C=O) groups excluding carboxylic acids is 2. The summed E-state index contributed by atoms with van der Waals surface area (Å²) in [6.07, 6.45) is 3.09. The summed E-state index contributed by atoms with van der Waals surface area (Å²) < 4.78 is 25.2. The van der Waals surface area contributed by atoms with Crippen LogP contribution >= 0.6 is 0 Å². The number of Topliss-reactive ketones (excluding diaryl/α,β-unsaturated/α-hetero) is 1. The van der Waals surface area contributed by atoms with E-state index in [-0.39, 0.29) is 24.6 Å². The molecule has 1 aliphatic carbocycles. The topological polar surface area (TPSA) is 55.8 Å². The molecule has 0 fully saturated rings. The number of hydrogen-bond acceptors (Lipinski definition) is 5. The predicted octanol–water partition coefficient (Wildman–Crippen LogP) is 3.67. The van der Waals surface area contributed by atoms with Gasteiger partial charge in [0.05, 0.1) is 13.2 Å². The van der Waals surface area contributed by atoms with Crippen LogP contribution in [0.4, 0.5) is 4.39 Å². The highest BCUT2D eigenvalue weighted by molar-refractivity contribution is 5.94. The Kier molecular flexibility index (Phi) is 7.00. The van der Waals surface area contributed by atoms with E-state index in [0.29, 0.717) is 30.1 Å². The second-order valence-corrected chi connectivity index (χ2v) is 6.93. The Morgan fingerprint density at radius 3 is 2.73 bits per heavy atom. The van der Waals surface area contributed by atoms with Crippen LogP contribution in [0.3, 0.4) is 0 Å². The van der Waals surface area contributed by atoms with Crippen LogP contribution in [0, 0.1) is 5.92 Å². The molecule has 0 aromatic heterocycles. The quantitative estimate of drug-likeness (QED) is 0.485. The van der Waals surface area contributed by atoms with Crippen molar-refractivity contribution in [1.82, 2.24) is 4.90 Å². The maximum absolute atomic E-state index is 14.0. The first kappa shape index (κ1) is 20.2. The summed E-state index contributed by atoms with van der Waals surface area (Å²) in [5.74, 6) is -0.378. The Bertz CT molecular complexity index is 648. The lowest BCUT2D eigenvalue weighted by Crippen LogP contribution is -2.35. The first-order valence-corrected chi connectivity index (χ1v) is 9.29. The molecular formula is C20H28FNO4. The van der Waals surface area contributed by atoms with E-state index >= 15 is 0 Å². The monoisotopic (exact) mass is 365 g/mol. The van der Waals surface area contributed by atoms with E-state index in [2.05, 4.69) is 0 Å². The maximum Gasteiger partial charge on any atom is 0.358 e. The van der Waals surface area contributed by atoms with Gasteiger partial charge in [-0.05, 0) is 30.9 Å². The van der Waals surface area contributed by atoms with Crippen molar-refractivity contribution >= 4 is 11.8 Å². The van der Waals surface area contributed by atoms with Gasteiger partial charge >= 0.3 is 5.97 Å². The van der Waals surface area contributed by atoms with E-state index in [1.54, 1.807) is 18.0 Å². The van der Waals surface area contributed by atoms with Crippen LogP contribution in [0.5, 0.6) is 0 Å². The van der Waals surface area contributed by atoms with Crippen LogP contribution in [0.15, 0.2) is 34.9 Å². The molecule has 0 radical (unpaired) electrons. The Morgan fingerprint density at radius 1 is 1.38 bits per heavy atom. The van der Waals surface area contributed by atoms with Gasteiger partial charge in [-0.25, -0.2) is 9.18 Å². The van der Waals surface area contributed by atoms with E-state index in [1.807, 2.05) is 20.8 Å². The third kappa shape index (κ3) is 4.54. The van der Waals surface area contributed by atoms with Crippen LogP contribution in [0.25, 0.3) is 0 Å². The number of alkyl halides is 1. The fourth-order valence-electron chi connectivity index (χ4n) is 2.99. The lowest BCUT2D eigenvalue weighted by atomic mass is 9.88. The summed E-state index contributed by atoms with van der Waals surface area (Å²) in [6.45, 7) is 9.07. The molecule has 6 heteroatoms. The van der Waals surface area contributed by atoms with Crippen LogP contribution in [0.2, 0.25) is 0 Å². The summed E-state index contributed by atoms with van der Waals surface area (Å²) >= 11 is 0. The number of carbonyl (C=O) groups is 2. The first-order chi connectivity index (χ1) is 12.4. The van der Waals surface area contributed by atoms with Gasteiger partial charge in [-0.2, -0.15) is 0 Å². The van der Waals surface area contributed by atoms with Crippen LogP contribution < -0.4 is 0 Å². The minimum Gasteiger partial charge on any atom is -0.490 e. The lowest BCUT2D eigenvalue weighted by Gasteiger charge is -2.34. The number of nitrogens with zero attached hydrogens (tertiary/aromatic N) is 1. The molecule has 2 rings (SSSR count). The molecule has 0 aromatic rings. The third-order valence-corrected chi connectivity index (χ3v) is 4.16. The van der Waals surface area contributed by atoms with Gasteiger partial charge in [0.2, 0.25) is 0 Å². The van der Waals surface area contributed by atoms with Crippen molar-refractivity contribution < 1.29 is 23.5 Å². The zero-order valence-electron chi connectivity index (χ0n) is 16.0. The fraction of sp³-hybridized carbons (Fsp3) is 0.600. The standard InChI is InChI=1S/C20H28FNO4/c1-5-7-8-26-19-15-10-16(21)17(23)9-14(15)12-22(11-13(3)4)18(19)20(24)25-6-2/h10,12-13,16H,5-9,11H2,1-4H3. The van der Waals surface area contributed by atoms with Gasteiger partial charge in [-0.3, -0.25) is 4.79 Å². The van der Waals surface area contributed by atoms with Gasteiger partial charge < -0.3 is 14.4 Å². The zero-order valence-corrected chi connectivity index (χ0v) is 16.0. The van der Waals surface area contributed by atoms with Gasteiger partial charge in [-0.15, -0.1) is 0 Å². The molecule has 0 bridgehead atoms. The molecule has 0 N–H and O–H groups in total. The van der Waals surface area contributed by atoms with Crippen LogP contribution in [-0.2, 0) is 19.1 Å². The Labute approximate surface area is 154 Å². The molecule has 1 heterocycles. The number of allylic oxidation sites excluding steroid dienone is 2. The molecule has 1 aliphatic heterocycles. The lowest BCUT2D eigenvalue weighted by molar-refractivity contribution is -0.140. The van der Waals surface area contributed by atoms with E-state index in [9.17, 15) is 14.0 Å². The number of rotatable bonds is 8. The molecule has 0 saturated heterocycles. The number of esters is 1. The van der Waals surface area contributed by atoms with E-state index in [1.165, 1.54) is 6.08 Å². The molecule has 26 heavy (non-hydrogen) atoms. The summed E-state index contributed by atoms with van der Waals surface area (Å²) in [6, 6.07) is 0. The van der Waals surface area contributed by atoms with E-state index < -0.39 is 17.9 Å². The van der Waals surface area contributed by atoms with Crippen LogP contribution in [0.1, 0.15) is 47.0 Å². The molecule has 1 unspecified atom stereocenters. The number of hydrogen-bond donors (Lipinski definition) is 0. The van der Waals surface area contributed by atoms with Gasteiger partial charge in [0.1, 0.15) is 0 Å². The molecule has 144 valence electrons. The summed E-state index contributed by atoms with van der Waals surface area (Å²) in [7, 11) is 0. The number of ketones is 1. The van der Waals surface area contributed by atoms with Crippen molar-refractivity contribution in [1.29, 1.82) is 0 Å². The van der Waals surface area contributed by atoms with Gasteiger partial charge in [0.25, 0.3) is 0 Å². The average molecular weight is 365 g/mol. The molecule has 0 aromatic carbocycles. The highest BCUT2D eigenvalue weighted by Gasteiger charge is 2.36. The highest BCUT2D eigenvalue weighted by Crippen LogP contribution is 2.37. The van der Waals surface area contributed by atoms with Crippen molar-refractivity contribution in [2.75, 3.05) is 19.8 Å². The molecule has 2 aliphatic rings. The minimum absolute atomic E-state index is 0.00165. The van der Waals surface area contributed by atoms with E-state index in [0.717, 1.165) is 12.8 Å². The van der Waals surface area contributed by atoms with Crippen molar-refractivity contribution in [2.45, 2.75) is 53.1 Å². The Morgan fingerprint density at radius 2 is 2.12 bits per heavy atom. The summed E-state index contributed by atoms with van der Waals surface area (Å²) in [5.41, 5.74) is 1.47. The molecule has 0 amide bonds. The molecule has 1 atom stereocenters. The number of fused-ring (bicyclic) bond motifs is 1. The second-order valence-electron chi connectivity index (χ2n) is 6.93. The first-order valence-electron chi connectivity index (χ1n) is 9.29. The van der Waals surface area contributed by atoms with Gasteiger partial charge in [0.15, 0.2) is 23.4 Å². The summed E-state index contributed by atoms with van der Waals surface area (Å²) in [4.78, 5) is 26.3. The van der Waals surface area contributed by atoms with Crippen molar-refractivity contribution in [3.8, 4) is 0 Å². The number of halogens is 1. The SMILES string of the molecule is CCCCOC1=C(C(=O)OCC)N(CC(C)C)C=C2CC(=O)C(F)C=C21. The maximum atomic E-state index is 14.0. The smallest absolute Gasteiger partial charge is 0.358 e. The normalized spacial score (nSPS) is 20.0. The van der Waals surface area contributed by atoms with Gasteiger partial charge in [-0.1, -0.05) is 27.2 Å². The Hall–Kier alpha value is -2.11. The molecule has 0 spiro atoms. The third-order valence-electron chi connectivity index (χ3n) is 4.16. The summed E-state index contributed by atoms with van der Waals surface area (Å²) in [5, 5.41) is 0. The largest absolute Gasteiger partial charge is 0.490 e.